The number of amides is 1. The van der Waals surface area contributed by atoms with E-state index >= 15 is 0 Å². The number of ether oxygens (including phenoxy) is 3. The van der Waals surface area contributed by atoms with E-state index in [1.54, 1.807) is 20.4 Å². The predicted octanol–water partition coefficient (Wildman–Crippen LogP) is 2.27. The van der Waals surface area contributed by atoms with Crippen molar-refractivity contribution in [1.82, 2.24) is 15.6 Å². The first-order valence-corrected chi connectivity index (χ1v) is 8.96. The standard InChI is InChI=1S/C20H25N3O4/c1-25-16-3-5-17(6-4-16)27-18-13-15(7-10-22-18)14-23-19(24)20(26-2)8-11-21-12-9-20/h3-7,10,13,21H,8-9,11-12,14H2,1-2H3,(H,23,24). The van der Waals surface area contributed by atoms with E-state index in [0.29, 0.717) is 31.0 Å². The Balaban J connectivity index is 1.60. The lowest BCUT2D eigenvalue weighted by atomic mass is 9.91. The number of nitrogens with one attached hydrogen (secondary N) is 2. The molecule has 3 rings (SSSR count). The third kappa shape index (κ3) is 4.75. The first-order valence-electron chi connectivity index (χ1n) is 8.96. The smallest absolute Gasteiger partial charge is 0.252 e. The van der Waals surface area contributed by atoms with Crippen LogP contribution in [-0.2, 0) is 16.1 Å². The van der Waals surface area contributed by atoms with Crippen LogP contribution in [0.25, 0.3) is 0 Å². The second-order valence-corrected chi connectivity index (χ2v) is 6.41. The molecule has 0 bridgehead atoms. The summed E-state index contributed by atoms with van der Waals surface area (Å²) in [4.78, 5) is 16.9. The van der Waals surface area contributed by atoms with Crippen LogP contribution in [0.1, 0.15) is 18.4 Å². The molecule has 1 aromatic carbocycles. The third-order valence-corrected chi connectivity index (χ3v) is 4.75. The van der Waals surface area contributed by atoms with E-state index in [-0.39, 0.29) is 5.91 Å². The van der Waals surface area contributed by atoms with Crippen LogP contribution in [0.4, 0.5) is 0 Å². The second-order valence-electron chi connectivity index (χ2n) is 6.41. The first-order chi connectivity index (χ1) is 13.1. The Hall–Kier alpha value is -2.64. The van der Waals surface area contributed by atoms with E-state index < -0.39 is 5.60 Å². The molecule has 1 amide bonds. The molecule has 2 heterocycles. The molecule has 0 radical (unpaired) electrons. The van der Waals surface area contributed by atoms with Crippen molar-refractivity contribution >= 4 is 5.91 Å². The number of carbonyl (C=O) groups is 1. The maximum atomic E-state index is 12.6. The van der Waals surface area contributed by atoms with Gasteiger partial charge < -0.3 is 24.8 Å². The van der Waals surface area contributed by atoms with Gasteiger partial charge in [0.1, 0.15) is 17.1 Å². The highest BCUT2D eigenvalue weighted by atomic mass is 16.5. The third-order valence-electron chi connectivity index (χ3n) is 4.75. The van der Waals surface area contributed by atoms with Crippen molar-refractivity contribution in [3.05, 3.63) is 48.2 Å². The summed E-state index contributed by atoms with van der Waals surface area (Å²) in [6.07, 6.45) is 2.99. The Kier molecular flexibility index (Phi) is 6.26. The Labute approximate surface area is 159 Å². The van der Waals surface area contributed by atoms with Gasteiger partial charge in [-0.3, -0.25) is 4.79 Å². The van der Waals surface area contributed by atoms with Crippen molar-refractivity contribution in [1.29, 1.82) is 0 Å². The van der Waals surface area contributed by atoms with Crippen LogP contribution in [0.3, 0.4) is 0 Å². The topological polar surface area (TPSA) is 81.7 Å². The molecule has 0 aliphatic carbocycles. The van der Waals surface area contributed by atoms with Crippen molar-refractivity contribution in [3.63, 3.8) is 0 Å². The molecule has 2 N–H and O–H groups in total. The number of hydrogen-bond donors (Lipinski definition) is 2. The molecule has 144 valence electrons. The summed E-state index contributed by atoms with van der Waals surface area (Å²) in [6, 6.07) is 10.9. The molecule has 0 unspecified atom stereocenters. The van der Waals surface area contributed by atoms with Crippen molar-refractivity contribution in [2.24, 2.45) is 0 Å². The summed E-state index contributed by atoms with van der Waals surface area (Å²) in [5.74, 6) is 1.81. The minimum Gasteiger partial charge on any atom is -0.497 e. The van der Waals surface area contributed by atoms with Gasteiger partial charge in [0, 0.05) is 25.9 Å². The van der Waals surface area contributed by atoms with Crippen LogP contribution in [0.2, 0.25) is 0 Å². The van der Waals surface area contributed by atoms with E-state index in [4.69, 9.17) is 14.2 Å². The highest BCUT2D eigenvalue weighted by Gasteiger charge is 2.39. The quantitative estimate of drug-likeness (QED) is 0.777. The van der Waals surface area contributed by atoms with Crippen LogP contribution in [0.5, 0.6) is 17.4 Å². The zero-order valence-electron chi connectivity index (χ0n) is 15.7. The number of hydrogen-bond acceptors (Lipinski definition) is 6. The number of piperidine rings is 1. The largest absolute Gasteiger partial charge is 0.497 e. The van der Waals surface area contributed by atoms with Crippen LogP contribution in [-0.4, -0.2) is 43.8 Å². The summed E-state index contributed by atoms with van der Waals surface area (Å²) in [6.45, 7) is 1.94. The predicted molar refractivity (Wildman–Crippen MR) is 101 cm³/mol. The van der Waals surface area contributed by atoms with E-state index in [2.05, 4.69) is 15.6 Å². The molecule has 1 aliphatic rings. The van der Waals surface area contributed by atoms with Crippen LogP contribution >= 0.6 is 0 Å². The highest BCUT2D eigenvalue weighted by molar-refractivity contribution is 5.85. The lowest BCUT2D eigenvalue weighted by Crippen LogP contribution is -2.53. The number of pyridine rings is 1. The monoisotopic (exact) mass is 371 g/mol. The van der Waals surface area contributed by atoms with Gasteiger partial charge in [-0.2, -0.15) is 0 Å². The average Bonchev–Trinajstić information content (AvgIpc) is 2.73. The summed E-state index contributed by atoms with van der Waals surface area (Å²) in [5, 5.41) is 6.22. The Bertz CT molecular complexity index is 758. The van der Waals surface area contributed by atoms with E-state index in [1.165, 1.54) is 0 Å². The van der Waals surface area contributed by atoms with E-state index in [1.807, 2.05) is 36.4 Å². The number of methoxy groups -OCH3 is 2. The van der Waals surface area contributed by atoms with E-state index in [0.717, 1.165) is 24.4 Å². The molecule has 1 fully saturated rings. The van der Waals surface area contributed by atoms with Gasteiger partial charge in [0.15, 0.2) is 0 Å². The van der Waals surface area contributed by atoms with E-state index in [9.17, 15) is 4.79 Å². The van der Waals surface area contributed by atoms with Crippen LogP contribution in [0, 0.1) is 0 Å². The molecule has 0 atom stereocenters. The highest BCUT2D eigenvalue weighted by Crippen LogP contribution is 2.24. The van der Waals surface area contributed by atoms with Gasteiger partial charge in [-0.05, 0) is 61.8 Å². The van der Waals surface area contributed by atoms with Gasteiger partial charge in [0.05, 0.1) is 7.11 Å². The minimum absolute atomic E-state index is 0.0825. The SMILES string of the molecule is COc1ccc(Oc2cc(CNC(=O)C3(OC)CCNCC3)ccn2)cc1. The molecule has 1 aliphatic heterocycles. The lowest BCUT2D eigenvalue weighted by molar-refractivity contribution is -0.146. The molecule has 1 aromatic heterocycles. The number of carbonyl (C=O) groups excluding carboxylic acids is 1. The van der Waals surface area contributed by atoms with Crippen molar-refractivity contribution in [2.75, 3.05) is 27.3 Å². The summed E-state index contributed by atoms with van der Waals surface area (Å²) >= 11 is 0. The molecule has 7 heteroatoms. The number of aromatic nitrogens is 1. The fourth-order valence-corrected chi connectivity index (χ4v) is 3.08. The minimum atomic E-state index is -0.749. The summed E-state index contributed by atoms with van der Waals surface area (Å²) in [7, 11) is 3.21. The van der Waals surface area contributed by atoms with Gasteiger partial charge in [0.25, 0.3) is 5.91 Å². The second kappa shape index (κ2) is 8.83. The average molecular weight is 371 g/mol. The summed E-state index contributed by atoms with van der Waals surface area (Å²) < 4.78 is 16.5. The van der Waals surface area contributed by atoms with Crippen LogP contribution < -0.4 is 20.1 Å². The maximum Gasteiger partial charge on any atom is 0.252 e. The number of benzene rings is 1. The maximum absolute atomic E-state index is 12.6. The zero-order valence-corrected chi connectivity index (χ0v) is 15.7. The molecule has 27 heavy (non-hydrogen) atoms. The Morgan fingerprint density at radius 2 is 1.85 bits per heavy atom. The Morgan fingerprint density at radius 1 is 1.15 bits per heavy atom. The number of nitrogens with zero attached hydrogens (tertiary/aromatic N) is 1. The fourth-order valence-electron chi connectivity index (χ4n) is 3.08. The number of rotatable bonds is 7. The van der Waals surface area contributed by atoms with Crippen molar-refractivity contribution in [3.8, 4) is 17.4 Å². The van der Waals surface area contributed by atoms with Gasteiger partial charge >= 0.3 is 0 Å². The van der Waals surface area contributed by atoms with Gasteiger partial charge in [-0.25, -0.2) is 4.98 Å². The normalized spacial score (nSPS) is 15.8. The molecular formula is C20H25N3O4. The first kappa shape index (κ1) is 19.1. The van der Waals surface area contributed by atoms with Crippen LogP contribution in [0.15, 0.2) is 42.6 Å². The van der Waals surface area contributed by atoms with Gasteiger partial charge in [0.2, 0.25) is 5.88 Å². The van der Waals surface area contributed by atoms with Gasteiger partial charge in [-0.15, -0.1) is 0 Å². The lowest BCUT2D eigenvalue weighted by Gasteiger charge is -2.34. The zero-order chi connectivity index (χ0) is 19.1. The molecule has 1 saturated heterocycles. The molecule has 0 saturated carbocycles. The molecule has 0 spiro atoms. The molecule has 7 nitrogen and oxygen atoms in total. The van der Waals surface area contributed by atoms with Crippen molar-refractivity contribution < 1.29 is 19.0 Å². The van der Waals surface area contributed by atoms with Crippen molar-refractivity contribution in [2.45, 2.75) is 25.0 Å². The molecular weight excluding hydrogens is 346 g/mol. The molecule has 2 aromatic rings. The summed E-state index contributed by atoms with van der Waals surface area (Å²) in [5.41, 5.74) is 0.155. The van der Waals surface area contributed by atoms with Gasteiger partial charge in [-0.1, -0.05) is 0 Å². The fraction of sp³-hybridized carbons (Fsp3) is 0.400. The Morgan fingerprint density at radius 3 is 2.52 bits per heavy atom.